The van der Waals surface area contributed by atoms with Crippen LogP contribution >= 0.6 is 0 Å². The second-order valence-corrected chi connectivity index (χ2v) is 10.6. The quantitative estimate of drug-likeness (QED) is 0.726. The molecule has 0 radical (unpaired) electrons. The monoisotopic (exact) mass is 462 g/mol. The summed E-state index contributed by atoms with van der Waals surface area (Å²) >= 11 is 0. The number of rotatable bonds is 3. The Balaban J connectivity index is 1.45. The van der Waals surface area contributed by atoms with Crippen LogP contribution in [-0.4, -0.2) is 51.7 Å². The molecule has 2 aliphatic carbocycles. The number of likely N-dealkylation sites (N-methyl/N-ethyl adjacent to an activating group) is 1. The average molecular weight is 463 g/mol. The minimum Gasteiger partial charge on any atom is -0.475 e. The lowest BCUT2D eigenvalue weighted by molar-refractivity contribution is 0.117. The highest BCUT2D eigenvalue weighted by Gasteiger charge is 2.31. The maximum Gasteiger partial charge on any atom is 0.354 e. The lowest BCUT2D eigenvalue weighted by Crippen LogP contribution is -2.41. The third-order valence-electron chi connectivity index (χ3n) is 6.62. The highest BCUT2D eigenvalue weighted by molar-refractivity contribution is 7.91. The first-order chi connectivity index (χ1) is 15.3. The van der Waals surface area contributed by atoms with Crippen LogP contribution in [0.3, 0.4) is 0 Å². The molecule has 1 unspecified atom stereocenters. The van der Waals surface area contributed by atoms with Crippen LogP contribution in [0.2, 0.25) is 0 Å². The molecule has 2 amide bonds. The van der Waals surface area contributed by atoms with Gasteiger partial charge in [0.15, 0.2) is 9.92 Å². The molecule has 0 bridgehead atoms. The first kappa shape index (κ1) is 21.4. The zero-order chi connectivity index (χ0) is 22.6. The van der Waals surface area contributed by atoms with E-state index < -0.39 is 15.9 Å². The summed E-state index contributed by atoms with van der Waals surface area (Å²) in [5.41, 5.74) is 3.65. The molecule has 0 spiro atoms. The molecule has 32 heavy (non-hydrogen) atoms. The average Bonchev–Trinajstić information content (AvgIpc) is 3.49. The van der Waals surface area contributed by atoms with Gasteiger partial charge in [-0.3, -0.25) is 0 Å². The van der Waals surface area contributed by atoms with E-state index in [0.29, 0.717) is 55.6 Å². The van der Waals surface area contributed by atoms with Crippen molar-refractivity contribution in [3.63, 3.8) is 0 Å². The summed E-state index contributed by atoms with van der Waals surface area (Å²) in [7, 11) is 0.300. The second-order valence-electron chi connectivity index (χ2n) is 8.82. The normalized spacial score (nSPS) is 20.8. The molecule has 11 heteroatoms. The van der Waals surface area contributed by atoms with Crippen molar-refractivity contribution >= 4 is 21.6 Å². The summed E-state index contributed by atoms with van der Waals surface area (Å²) in [6.07, 6.45) is 5.76. The van der Waals surface area contributed by atoms with Crippen LogP contribution in [0.4, 0.5) is 14.9 Å². The van der Waals surface area contributed by atoms with Crippen molar-refractivity contribution in [3.05, 3.63) is 34.3 Å². The number of nitrogens with one attached hydrogen (secondary N) is 1. The van der Waals surface area contributed by atoms with Crippen molar-refractivity contribution in [1.82, 2.24) is 14.7 Å². The van der Waals surface area contributed by atoms with Crippen LogP contribution in [0.15, 0.2) is 15.5 Å². The minimum absolute atomic E-state index is 0.0967. The zero-order valence-electron chi connectivity index (χ0n) is 18.2. The Morgan fingerprint density at radius 2 is 1.88 bits per heavy atom. The molecule has 172 valence electrons. The number of fused-ring (bicyclic) bond motifs is 3. The number of amides is 2. The van der Waals surface area contributed by atoms with Gasteiger partial charge in [0.2, 0.25) is 5.88 Å². The summed E-state index contributed by atoms with van der Waals surface area (Å²) in [6, 6.07) is -0.693. The molecule has 2 atom stereocenters. The number of nitrogens with two attached hydrogens (primary N) is 1. The van der Waals surface area contributed by atoms with Crippen molar-refractivity contribution in [1.29, 1.82) is 0 Å². The molecule has 0 saturated heterocycles. The molecule has 9 nitrogen and oxygen atoms in total. The number of nitrogens with zero attached hydrogens (tertiary/aromatic N) is 4. The number of carbonyl (C=O) groups excluding carboxylic acids is 1. The van der Waals surface area contributed by atoms with Crippen molar-refractivity contribution < 1.29 is 18.1 Å². The van der Waals surface area contributed by atoms with E-state index in [-0.39, 0.29) is 22.6 Å². The van der Waals surface area contributed by atoms with Crippen LogP contribution in [0.5, 0.6) is 5.88 Å². The Labute approximate surface area is 186 Å². The van der Waals surface area contributed by atoms with Gasteiger partial charge in [0.05, 0.1) is 18.8 Å². The van der Waals surface area contributed by atoms with Crippen LogP contribution < -0.4 is 15.2 Å². The van der Waals surface area contributed by atoms with Gasteiger partial charge in [-0.05, 0) is 74.9 Å². The summed E-state index contributed by atoms with van der Waals surface area (Å²) in [5.74, 6) is 0.151. The predicted molar refractivity (Wildman–Crippen MR) is 118 cm³/mol. The highest BCUT2D eigenvalue weighted by Crippen LogP contribution is 2.41. The van der Waals surface area contributed by atoms with Gasteiger partial charge in [-0.1, -0.05) is 0 Å². The van der Waals surface area contributed by atoms with Gasteiger partial charge in [0.1, 0.15) is 17.3 Å². The highest BCUT2D eigenvalue weighted by atomic mass is 32.2. The third-order valence-corrected chi connectivity index (χ3v) is 7.97. The largest absolute Gasteiger partial charge is 0.475 e. The van der Waals surface area contributed by atoms with Crippen molar-refractivity contribution in [2.75, 3.05) is 26.0 Å². The van der Waals surface area contributed by atoms with Gasteiger partial charge in [-0.2, -0.15) is 5.10 Å². The molecule has 1 aromatic carbocycles. The standard InChI is InChI=1S/C21H27FN6O3S/c1-27(2)12-10-28-20(31-11-12)17(9-24-28)32(23,30)26-21(29)25-19-15-7-3-5-13(15)18(22)14-6-4-8-16(14)19/h9,12H,3-8,10-11H2,1-2H3,(H3,23,25,26,29,30)/t12-,32?/m0/s1. The molecule has 2 heterocycles. The zero-order valence-corrected chi connectivity index (χ0v) is 19.0. The molecule has 3 aliphatic rings. The van der Waals surface area contributed by atoms with Gasteiger partial charge in [0.25, 0.3) is 0 Å². The first-order valence-corrected chi connectivity index (χ1v) is 12.4. The van der Waals surface area contributed by atoms with Crippen LogP contribution in [0.1, 0.15) is 35.1 Å². The Morgan fingerprint density at radius 1 is 1.25 bits per heavy atom. The predicted octanol–water partition coefficient (Wildman–Crippen LogP) is 2.25. The molecular formula is C21H27FN6O3S. The fourth-order valence-electron chi connectivity index (χ4n) is 4.91. The fraction of sp³-hybridized carbons (Fsp3) is 0.524. The van der Waals surface area contributed by atoms with Gasteiger partial charge in [-0.15, -0.1) is 4.36 Å². The molecule has 0 fully saturated rings. The molecule has 1 aromatic heterocycles. The molecular weight excluding hydrogens is 435 g/mol. The lowest BCUT2D eigenvalue weighted by Gasteiger charge is -2.29. The van der Waals surface area contributed by atoms with Crippen LogP contribution in [0, 0.1) is 5.82 Å². The van der Waals surface area contributed by atoms with Crippen molar-refractivity contribution in [2.45, 2.75) is 56.0 Å². The Kier molecular flexibility index (Phi) is 5.22. The summed E-state index contributed by atoms with van der Waals surface area (Å²) < 4.78 is 39.2. The number of hydrogen-bond donors (Lipinski definition) is 2. The minimum atomic E-state index is -3.58. The van der Waals surface area contributed by atoms with E-state index >= 15 is 0 Å². The molecule has 0 saturated carbocycles. The molecule has 2 aromatic rings. The molecule has 3 N–H and O–H groups in total. The van der Waals surface area contributed by atoms with Crippen LogP contribution in [0.25, 0.3) is 0 Å². The van der Waals surface area contributed by atoms with Crippen molar-refractivity contribution in [2.24, 2.45) is 9.50 Å². The van der Waals surface area contributed by atoms with Gasteiger partial charge >= 0.3 is 6.03 Å². The number of urea groups is 1. The van der Waals surface area contributed by atoms with E-state index in [1.54, 1.807) is 4.68 Å². The Bertz CT molecular complexity index is 1200. The number of ether oxygens (including phenoxy) is 1. The van der Waals surface area contributed by atoms with E-state index in [1.807, 2.05) is 19.0 Å². The van der Waals surface area contributed by atoms with Crippen LogP contribution in [-0.2, 0) is 42.1 Å². The summed E-state index contributed by atoms with van der Waals surface area (Å²) in [4.78, 5) is 14.9. The number of carbonyl (C=O) groups is 1. The smallest absolute Gasteiger partial charge is 0.354 e. The van der Waals surface area contributed by atoms with Crippen molar-refractivity contribution in [3.8, 4) is 5.88 Å². The summed E-state index contributed by atoms with van der Waals surface area (Å²) in [6.45, 7) is 0.944. The van der Waals surface area contributed by atoms with E-state index in [0.717, 1.165) is 24.0 Å². The first-order valence-electron chi connectivity index (χ1n) is 10.8. The lowest BCUT2D eigenvalue weighted by atomic mass is 9.98. The third kappa shape index (κ3) is 3.48. The second kappa shape index (κ2) is 7.82. The van der Waals surface area contributed by atoms with Gasteiger partial charge < -0.3 is 15.0 Å². The Hall–Kier alpha value is -2.50. The molecule has 5 rings (SSSR count). The van der Waals surface area contributed by atoms with E-state index in [2.05, 4.69) is 14.8 Å². The fourth-order valence-corrected chi connectivity index (χ4v) is 5.92. The number of anilines is 1. The number of halogens is 1. The van der Waals surface area contributed by atoms with E-state index in [9.17, 15) is 13.4 Å². The Morgan fingerprint density at radius 3 is 2.50 bits per heavy atom. The van der Waals surface area contributed by atoms with E-state index in [1.165, 1.54) is 6.20 Å². The van der Waals surface area contributed by atoms with E-state index in [4.69, 9.17) is 9.88 Å². The molecule has 1 aliphatic heterocycles. The SMILES string of the molecule is CN(C)[C@@H]1COc2c(S(N)(=O)=NC(=O)Nc3c4c(c(F)c5c3CCC5)CCC4)cnn2C1. The topological polar surface area (TPSA) is 115 Å². The maximum absolute atomic E-state index is 14.9. The number of aromatic nitrogens is 2. The summed E-state index contributed by atoms with van der Waals surface area (Å²) in [5, 5.41) is 13.0. The van der Waals surface area contributed by atoms with Gasteiger partial charge in [-0.25, -0.2) is 23.2 Å². The maximum atomic E-state index is 14.9. The number of benzene rings is 1. The number of hydrogen-bond acceptors (Lipinski definition) is 5. The van der Waals surface area contributed by atoms with Gasteiger partial charge in [0, 0.05) is 5.69 Å².